The fourth-order valence-corrected chi connectivity index (χ4v) is 2.31. The van der Waals surface area contributed by atoms with E-state index >= 15 is 0 Å². The van der Waals surface area contributed by atoms with Crippen LogP contribution in [0.5, 0.6) is 0 Å². The molecule has 5 heteroatoms. The first kappa shape index (κ1) is 15.3. The van der Waals surface area contributed by atoms with Crippen molar-refractivity contribution in [1.82, 2.24) is 5.32 Å². The molecule has 0 saturated carbocycles. The minimum absolute atomic E-state index is 0.00579. The quantitative estimate of drug-likeness (QED) is 0.890. The molecule has 0 spiro atoms. The third-order valence-corrected chi connectivity index (χ3v) is 3.81. The highest BCUT2D eigenvalue weighted by Crippen LogP contribution is 2.12. The molecule has 0 unspecified atom stereocenters. The maximum Gasteiger partial charge on any atom is 0.261 e. The van der Waals surface area contributed by atoms with Crippen molar-refractivity contribution >= 4 is 28.8 Å². The molecule has 1 aromatic heterocycles. The summed E-state index contributed by atoms with van der Waals surface area (Å²) in [6.07, 6.45) is 0. The number of amides is 2. The summed E-state index contributed by atoms with van der Waals surface area (Å²) < 4.78 is 0. The van der Waals surface area contributed by atoms with Gasteiger partial charge in [-0.05, 0) is 29.1 Å². The van der Waals surface area contributed by atoms with E-state index in [0.29, 0.717) is 11.4 Å². The Hall–Kier alpha value is -2.14. The third kappa shape index (κ3) is 4.43. The molecule has 0 aliphatic carbocycles. The molecule has 2 aromatic rings. The van der Waals surface area contributed by atoms with Gasteiger partial charge in [0.05, 0.1) is 4.88 Å². The van der Waals surface area contributed by atoms with Crippen LogP contribution in [0, 0.1) is 5.92 Å². The van der Waals surface area contributed by atoms with E-state index in [4.69, 9.17) is 0 Å². The van der Waals surface area contributed by atoms with E-state index < -0.39 is 0 Å². The summed E-state index contributed by atoms with van der Waals surface area (Å²) in [5.74, 6) is -0.120. The van der Waals surface area contributed by atoms with Crippen molar-refractivity contribution in [3.05, 3.63) is 52.2 Å². The Kier molecular flexibility index (Phi) is 5.11. The van der Waals surface area contributed by atoms with E-state index in [2.05, 4.69) is 10.6 Å². The molecule has 1 heterocycles. The molecular formula is C16H18N2O2S. The molecule has 2 N–H and O–H groups in total. The summed E-state index contributed by atoms with van der Waals surface area (Å²) in [6.45, 7) is 4.17. The van der Waals surface area contributed by atoms with Crippen molar-refractivity contribution in [2.45, 2.75) is 20.4 Å². The lowest BCUT2D eigenvalue weighted by Crippen LogP contribution is -2.21. The predicted molar refractivity (Wildman–Crippen MR) is 85.4 cm³/mol. The highest BCUT2D eigenvalue weighted by atomic mass is 32.1. The number of anilines is 1. The van der Waals surface area contributed by atoms with Gasteiger partial charge >= 0.3 is 0 Å². The van der Waals surface area contributed by atoms with E-state index in [-0.39, 0.29) is 17.7 Å². The van der Waals surface area contributed by atoms with Crippen LogP contribution in [-0.4, -0.2) is 11.8 Å². The third-order valence-electron chi connectivity index (χ3n) is 2.94. The zero-order chi connectivity index (χ0) is 15.2. The van der Waals surface area contributed by atoms with Crippen molar-refractivity contribution < 1.29 is 9.59 Å². The molecule has 2 amide bonds. The van der Waals surface area contributed by atoms with Gasteiger partial charge in [0, 0.05) is 18.2 Å². The molecule has 0 bridgehead atoms. The molecule has 0 radical (unpaired) electrons. The first-order valence-electron chi connectivity index (χ1n) is 6.78. The van der Waals surface area contributed by atoms with Crippen LogP contribution >= 0.6 is 11.3 Å². The summed E-state index contributed by atoms with van der Waals surface area (Å²) in [5.41, 5.74) is 1.75. The Morgan fingerprint density at radius 1 is 1.14 bits per heavy atom. The Labute approximate surface area is 128 Å². The topological polar surface area (TPSA) is 58.2 Å². The molecule has 0 aliphatic rings. The first-order chi connectivity index (χ1) is 10.1. The molecule has 0 fully saturated rings. The van der Waals surface area contributed by atoms with Crippen LogP contribution in [0.25, 0.3) is 0 Å². The highest BCUT2D eigenvalue weighted by Gasteiger charge is 2.08. The van der Waals surface area contributed by atoms with E-state index in [1.807, 2.05) is 49.6 Å². The second-order valence-corrected chi connectivity index (χ2v) is 5.95. The van der Waals surface area contributed by atoms with Gasteiger partial charge in [0.1, 0.15) is 0 Å². The van der Waals surface area contributed by atoms with Crippen LogP contribution < -0.4 is 10.6 Å². The number of nitrogens with one attached hydrogen (secondary N) is 2. The van der Waals surface area contributed by atoms with Crippen molar-refractivity contribution in [2.24, 2.45) is 5.92 Å². The normalized spacial score (nSPS) is 10.4. The van der Waals surface area contributed by atoms with Gasteiger partial charge in [-0.3, -0.25) is 9.59 Å². The van der Waals surface area contributed by atoms with E-state index in [9.17, 15) is 9.59 Å². The smallest absolute Gasteiger partial charge is 0.261 e. The van der Waals surface area contributed by atoms with E-state index in [0.717, 1.165) is 11.3 Å². The fourth-order valence-electron chi connectivity index (χ4n) is 1.67. The van der Waals surface area contributed by atoms with Gasteiger partial charge in [-0.2, -0.15) is 0 Å². The van der Waals surface area contributed by atoms with Gasteiger partial charge in [0.25, 0.3) is 5.91 Å². The number of thiophene rings is 1. The molecular weight excluding hydrogens is 284 g/mol. The van der Waals surface area contributed by atoms with E-state index in [1.54, 1.807) is 6.07 Å². The van der Waals surface area contributed by atoms with Gasteiger partial charge in [-0.25, -0.2) is 0 Å². The van der Waals surface area contributed by atoms with Gasteiger partial charge < -0.3 is 10.6 Å². The van der Waals surface area contributed by atoms with Crippen molar-refractivity contribution in [1.29, 1.82) is 0 Å². The maximum absolute atomic E-state index is 11.8. The van der Waals surface area contributed by atoms with Crippen molar-refractivity contribution in [3.63, 3.8) is 0 Å². The van der Waals surface area contributed by atoms with Crippen molar-refractivity contribution in [2.75, 3.05) is 5.32 Å². The van der Waals surface area contributed by atoms with E-state index in [1.165, 1.54) is 11.3 Å². The number of carbonyl (C=O) groups excluding carboxylic acids is 2. The summed E-state index contributed by atoms with van der Waals surface area (Å²) in [4.78, 5) is 24.1. The number of hydrogen-bond donors (Lipinski definition) is 2. The van der Waals surface area contributed by atoms with Gasteiger partial charge in [0.15, 0.2) is 0 Å². The molecule has 0 aliphatic heterocycles. The monoisotopic (exact) mass is 302 g/mol. The molecule has 2 rings (SSSR count). The zero-order valence-electron chi connectivity index (χ0n) is 12.1. The average molecular weight is 302 g/mol. The Morgan fingerprint density at radius 2 is 1.86 bits per heavy atom. The molecule has 0 atom stereocenters. The average Bonchev–Trinajstić information content (AvgIpc) is 3.00. The predicted octanol–water partition coefficient (Wildman–Crippen LogP) is 3.27. The standard InChI is InChI=1S/C16H18N2O2S/c1-11(2)15(19)18-13-7-5-12(6-8-13)10-17-16(20)14-4-3-9-21-14/h3-9,11H,10H2,1-2H3,(H,17,20)(H,18,19). The summed E-state index contributed by atoms with van der Waals surface area (Å²) in [7, 11) is 0. The Bertz CT molecular complexity index is 604. The van der Waals surface area contributed by atoms with Gasteiger partial charge in [-0.15, -0.1) is 11.3 Å². The fraction of sp³-hybridized carbons (Fsp3) is 0.250. The van der Waals surface area contributed by atoms with Crippen LogP contribution in [0.1, 0.15) is 29.1 Å². The minimum atomic E-state index is -0.0674. The first-order valence-corrected chi connectivity index (χ1v) is 7.65. The van der Waals surface area contributed by atoms with Crippen LogP contribution in [0.4, 0.5) is 5.69 Å². The van der Waals surface area contributed by atoms with Gasteiger partial charge in [0.2, 0.25) is 5.91 Å². The maximum atomic E-state index is 11.8. The summed E-state index contributed by atoms with van der Waals surface area (Å²) in [5, 5.41) is 7.57. The second kappa shape index (κ2) is 7.04. The summed E-state index contributed by atoms with van der Waals surface area (Å²) >= 11 is 1.42. The molecule has 21 heavy (non-hydrogen) atoms. The SMILES string of the molecule is CC(C)C(=O)Nc1ccc(CNC(=O)c2cccs2)cc1. The highest BCUT2D eigenvalue weighted by molar-refractivity contribution is 7.12. The van der Waals surface area contributed by atoms with Crippen LogP contribution in [0.15, 0.2) is 41.8 Å². The molecule has 110 valence electrons. The number of benzene rings is 1. The number of carbonyl (C=O) groups is 2. The van der Waals surface area contributed by atoms with Crippen LogP contribution in [-0.2, 0) is 11.3 Å². The lowest BCUT2D eigenvalue weighted by atomic mass is 10.1. The summed E-state index contributed by atoms with van der Waals surface area (Å²) in [6, 6.07) is 11.1. The number of rotatable bonds is 5. The van der Waals surface area contributed by atoms with Gasteiger partial charge in [-0.1, -0.05) is 32.0 Å². The largest absolute Gasteiger partial charge is 0.347 e. The molecule has 0 saturated heterocycles. The number of hydrogen-bond acceptors (Lipinski definition) is 3. The Balaban J connectivity index is 1.88. The zero-order valence-corrected chi connectivity index (χ0v) is 12.9. The molecule has 4 nitrogen and oxygen atoms in total. The lowest BCUT2D eigenvalue weighted by Gasteiger charge is -2.09. The Morgan fingerprint density at radius 3 is 2.43 bits per heavy atom. The van der Waals surface area contributed by atoms with Crippen molar-refractivity contribution in [3.8, 4) is 0 Å². The molecule has 1 aromatic carbocycles. The van der Waals surface area contributed by atoms with Crippen LogP contribution in [0.3, 0.4) is 0 Å². The second-order valence-electron chi connectivity index (χ2n) is 5.00. The lowest BCUT2D eigenvalue weighted by molar-refractivity contribution is -0.118. The minimum Gasteiger partial charge on any atom is -0.347 e. The van der Waals surface area contributed by atoms with Crippen LogP contribution in [0.2, 0.25) is 0 Å².